The predicted molar refractivity (Wildman–Crippen MR) is 96.1 cm³/mol. The molecule has 0 aliphatic heterocycles. The number of H-pyrrole nitrogens is 1. The highest BCUT2D eigenvalue weighted by atomic mass is 35.5. The number of hydrogen-bond acceptors (Lipinski definition) is 3. The highest BCUT2D eigenvalue weighted by Crippen LogP contribution is 2.29. The molecule has 2 heterocycles. The zero-order valence-electron chi connectivity index (χ0n) is 11.9. The molecular formula is C18H11ClN2OS. The number of nitrogens with zero attached hydrogens (tertiary/aromatic N) is 1. The fourth-order valence-corrected chi connectivity index (χ4v) is 3.50. The van der Waals surface area contributed by atoms with E-state index in [1.165, 1.54) is 11.3 Å². The Kier molecular flexibility index (Phi) is 3.48. The SMILES string of the molecule is O=c1[nH]c2ccccc2cc1-c1csc(-c2cccc(Cl)c2)n1. The van der Waals surface area contributed by atoms with E-state index in [1.807, 2.05) is 60.0 Å². The van der Waals surface area contributed by atoms with Crippen molar-refractivity contribution >= 4 is 33.8 Å². The number of aromatic amines is 1. The summed E-state index contributed by atoms with van der Waals surface area (Å²) in [6.07, 6.45) is 0. The summed E-state index contributed by atoms with van der Waals surface area (Å²) >= 11 is 7.53. The summed E-state index contributed by atoms with van der Waals surface area (Å²) in [7, 11) is 0. The Bertz CT molecular complexity index is 1070. The van der Waals surface area contributed by atoms with Crippen molar-refractivity contribution < 1.29 is 0 Å². The van der Waals surface area contributed by atoms with Gasteiger partial charge in [-0.3, -0.25) is 4.79 Å². The third-order valence-electron chi connectivity index (χ3n) is 3.61. The van der Waals surface area contributed by atoms with Crippen LogP contribution in [0, 0.1) is 0 Å². The van der Waals surface area contributed by atoms with E-state index < -0.39 is 0 Å². The molecule has 0 radical (unpaired) electrons. The van der Waals surface area contributed by atoms with Gasteiger partial charge in [-0.1, -0.05) is 41.9 Å². The molecule has 5 heteroatoms. The number of thiazole rings is 1. The summed E-state index contributed by atoms with van der Waals surface area (Å²) in [5.74, 6) is 0. The van der Waals surface area contributed by atoms with E-state index in [4.69, 9.17) is 11.6 Å². The molecule has 23 heavy (non-hydrogen) atoms. The van der Waals surface area contributed by atoms with Crippen molar-refractivity contribution in [3.05, 3.63) is 75.4 Å². The lowest BCUT2D eigenvalue weighted by Gasteiger charge is -2.01. The fourth-order valence-electron chi connectivity index (χ4n) is 2.49. The van der Waals surface area contributed by atoms with Crippen LogP contribution >= 0.6 is 22.9 Å². The number of fused-ring (bicyclic) bond motifs is 1. The molecule has 0 saturated heterocycles. The monoisotopic (exact) mass is 338 g/mol. The van der Waals surface area contributed by atoms with Crippen LogP contribution in [0.15, 0.2) is 64.8 Å². The van der Waals surface area contributed by atoms with E-state index in [2.05, 4.69) is 9.97 Å². The van der Waals surface area contributed by atoms with Crippen LogP contribution in [0.4, 0.5) is 0 Å². The molecule has 0 unspecified atom stereocenters. The van der Waals surface area contributed by atoms with E-state index in [-0.39, 0.29) is 5.56 Å². The maximum atomic E-state index is 12.3. The van der Waals surface area contributed by atoms with Gasteiger partial charge < -0.3 is 4.98 Å². The molecule has 0 amide bonds. The molecule has 0 saturated carbocycles. The minimum absolute atomic E-state index is 0.133. The Hall–Kier alpha value is -2.43. The Balaban J connectivity index is 1.83. The topological polar surface area (TPSA) is 45.8 Å². The van der Waals surface area contributed by atoms with Crippen LogP contribution in [0.25, 0.3) is 32.7 Å². The maximum absolute atomic E-state index is 12.3. The van der Waals surface area contributed by atoms with Crippen LogP contribution < -0.4 is 5.56 Å². The molecule has 3 nitrogen and oxygen atoms in total. The molecule has 4 rings (SSSR count). The Morgan fingerprint density at radius 3 is 2.78 bits per heavy atom. The molecule has 0 aliphatic carbocycles. The summed E-state index contributed by atoms with van der Waals surface area (Å²) in [6.45, 7) is 0. The van der Waals surface area contributed by atoms with Gasteiger partial charge in [0.15, 0.2) is 0 Å². The summed E-state index contributed by atoms with van der Waals surface area (Å²) in [4.78, 5) is 19.8. The van der Waals surface area contributed by atoms with Crippen molar-refractivity contribution in [1.29, 1.82) is 0 Å². The first-order chi connectivity index (χ1) is 11.2. The smallest absolute Gasteiger partial charge is 0.257 e. The van der Waals surface area contributed by atoms with Crippen molar-refractivity contribution in [1.82, 2.24) is 9.97 Å². The van der Waals surface area contributed by atoms with Crippen LogP contribution in [-0.4, -0.2) is 9.97 Å². The first kappa shape index (κ1) is 14.2. The molecule has 0 fully saturated rings. The summed E-state index contributed by atoms with van der Waals surface area (Å²) in [5, 5.41) is 4.40. The molecule has 0 spiro atoms. The van der Waals surface area contributed by atoms with Crippen LogP contribution in [0.1, 0.15) is 0 Å². The summed E-state index contributed by atoms with van der Waals surface area (Å²) in [6, 6.07) is 17.1. The van der Waals surface area contributed by atoms with Gasteiger partial charge in [0.2, 0.25) is 0 Å². The lowest BCUT2D eigenvalue weighted by molar-refractivity contribution is 1.28. The van der Waals surface area contributed by atoms with Crippen LogP contribution in [0.2, 0.25) is 5.02 Å². The summed E-state index contributed by atoms with van der Waals surface area (Å²) < 4.78 is 0. The number of hydrogen-bond donors (Lipinski definition) is 1. The zero-order chi connectivity index (χ0) is 15.8. The molecule has 0 bridgehead atoms. The molecule has 112 valence electrons. The largest absolute Gasteiger partial charge is 0.321 e. The average molecular weight is 339 g/mol. The molecule has 2 aromatic heterocycles. The molecule has 2 aromatic carbocycles. The predicted octanol–water partition coefficient (Wildman–Crippen LogP) is 4.97. The van der Waals surface area contributed by atoms with Gasteiger partial charge in [-0.05, 0) is 29.7 Å². The number of nitrogens with one attached hydrogen (secondary N) is 1. The second-order valence-corrected chi connectivity index (χ2v) is 6.44. The van der Waals surface area contributed by atoms with Crippen molar-refractivity contribution in [2.75, 3.05) is 0 Å². The van der Waals surface area contributed by atoms with Crippen LogP contribution in [0.3, 0.4) is 0 Å². The standard InChI is InChI=1S/C18H11ClN2OS/c19-13-6-3-5-12(8-13)18-21-16(10-23-18)14-9-11-4-1-2-7-15(11)20-17(14)22/h1-10H,(H,20,22). The van der Waals surface area contributed by atoms with E-state index in [1.54, 1.807) is 0 Å². The van der Waals surface area contributed by atoms with Gasteiger partial charge in [0, 0.05) is 21.5 Å². The summed E-state index contributed by atoms with van der Waals surface area (Å²) in [5.41, 5.74) is 2.90. The van der Waals surface area contributed by atoms with Gasteiger partial charge >= 0.3 is 0 Å². The van der Waals surface area contributed by atoms with Crippen molar-refractivity contribution in [3.63, 3.8) is 0 Å². The second kappa shape index (κ2) is 5.65. The number of rotatable bonds is 2. The fraction of sp³-hybridized carbons (Fsp3) is 0. The van der Waals surface area contributed by atoms with E-state index in [0.29, 0.717) is 16.3 Å². The van der Waals surface area contributed by atoms with Gasteiger partial charge in [-0.25, -0.2) is 4.98 Å². The van der Waals surface area contributed by atoms with Crippen molar-refractivity contribution in [2.45, 2.75) is 0 Å². The van der Waals surface area contributed by atoms with E-state index in [0.717, 1.165) is 21.5 Å². The first-order valence-corrected chi connectivity index (χ1v) is 8.30. The Morgan fingerprint density at radius 2 is 1.91 bits per heavy atom. The lowest BCUT2D eigenvalue weighted by atomic mass is 10.1. The molecule has 4 aromatic rings. The number of halogens is 1. The van der Waals surface area contributed by atoms with E-state index >= 15 is 0 Å². The van der Waals surface area contributed by atoms with Gasteiger partial charge in [-0.15, -0.1) is 11.3 Å². The molecule has 0 atom stereocenters. The van der Waals surface area contributed by atoms with Crippen molar-refractivity contribution in [2.24, 2.45) is 0 Å². The second-order valence-electron chi connectivity index (χ2n) is 5.15. The zero-order valence-corrected chi connectivity index (χ0v) is 13.5. The Labute approximate surface area is 141 Å². The number of pyridine rings is 1. The van der Waals surface area contributed by atoms with Crippen LogP contribution in [-0.2, 0) is 0 Å². The van der Waals surface area contributed by atoms with E-state index in [9.17, 15) is 4.79 Å². The first-order valence-electron chi connectivity index (χ1n) is 7.04. The maximum Gasteiger partial charge on any atom is 0.257 e. The highest BCUT2D eigenvalue weighted by Gasteiger charge is 2.11. The molecule has 1 N–H and O–H groups in total. The molecular weight excluding hydrogens is 328 g/mol. The lowest BCUT2D eigenvalue weighted by Crippen LogP contribution is -2.08. The van der Waals surface area contributed by atoms with Crippen LogP contribution in [0.5, 0.6) is 0 Å². The average Bonchev–Trinajstić information content (AvgIpc) is 3.04. The van der Waals surface area contributed by atoms with Gasteiger partial charge in [-0.2, -0.15) is 0 Å². The van der Waals surface area contributed by atoms with Gasteiger partial charge in [0.1, 0.15) is 5.01 Å². The minimum Gasteiger partial charge on any atom is -0.321 e. The van der Waals surface area contributed by atoms with Gasteiger partial charge in [0.05, 0.1) is 11.3 Å². The molecule has 0 aliphatic rings. The number of benzene rings is 2. The van der Waals surface area contributed by atoms with Crippen molar-refractivity contribution in [3.8, 4) is 21.8 Å². The normalized spacial score (nSPS) is 11.0. The third-order valence-corrected chi connectivity index (χ3v) is 4.73. The Morgan fingerprint density at radius 1 is 1.04 bits per heavy atom. The van der Waals surface area contributed by atoms with Gasteiger partial charge in [0.25, 0.3) is 5.56 Å². The number of aromatic nitrogens is 2. The third kappa shape index (κ3) is 2.67. The number of para-hydroxylation sites is 1. The minimum atomic E-state index is -0.133. The highest BCUT2D eigenvalue weighted by molar-refractivity contribution is 7.13. The quantitative estimate of drug-likeness (QED) is 0.560.